The second-order valence-electron chi connectivity index (χ2n) is 14.7. The molecule has 8 rings (SSSR count). The predicted molar refractivity (Wildman–Crippen MR) is 217 cm³/mol. The highest BCUT2D eigenvalue weighted by Gasteiger charge is 2.37. The summed E-state index contributed by atoms with van der Waals surface area (Å²) >= 11 is 0. The summed E-state index contributed by atoms with van der Waals surface area (Å²) in [5, 5.41) is 30.6. The smallest absolute Gasteiger partial charge is 0.270 e. The molecule has 3 heterocycles. The highest BCUT2D eigenvalue weighted by molar-refractivity contribution is 6.36. The molecule has 0 bridgehead atoms. The van der Waals surface area contributed by atoms with Crippen LogP contribution in [0.5, 0.6) is 0 Å². The maximum atomic E-state index is 14.1. The fraction of sp³-hybridized carbons (Fsp3) is 0.238. The van der Waals surface area contributed by atoms with Gasteiger partial charge in [-0.25, -0.2) is 4.90 Å². The summed E-state index contributed by atoms with van der Waals surface area (Å²) in [6.45, 7) is 2.81. The summed E-state index contributed by atoms with van der Waals surface area (Å²) in [7, 11) is 1.93. The minimum Gasteiger partial charge on any atom is -0.351 e. The van der Waals surface area contributed by atoms with Crippen molar-refractivity contribution in [1.29, 1.82) is 0 Å². The molecule has 18 nitrogen and oxygen atoms in total. The van der Waals surface area contributed by atoms with Crippen LogP contribution in [0.2, 0.25) is 0 Å². The van der Waals surface area contributed by atoms with E-state index in [1.165, 1.54) is 42.5 Å². The number of amides is 6. The molecule has 0 radical (unpaired) electrons. The van der Waals surface area contributed by atoms with Crippen molar-refractivity contribution in [2.45, 2.75) is 6.42 Å². The van der Waals surface area contributed by atoms with Gasteiger partial charge in [0.25, 0.3) is 46.8 Å². The molecule has 3 aliphatic heterocycles. The van der Waals surface area contributed by atoms with Crippen LogP contribution in [0.3, 0.4) is 0 Å². The van der Waals surface area contributed by atoms with E-state index in [1.807, 2.05) is 7.05 Å². The number of nitro groups is 2. The largest absolute Gasteiger partial charge is 0.351 e. The summed E-state index contributed by atoms with van der Waals surface area (Å²) in [5.74, 6) is -3.69. The van der Waals surface area contributed by atoms with Gasteiger partial charge in [-0.15, -0.1) is 0 Å². The van der Waals surface area contributed by atoms with E-state index in [0.717, 1.165) is 15.9 Å². The number of rotatable bonds is 12. The molecule has 0 spiro atoms. The van der Waals surface area contributed by atoms with Crippen LogP contribution in [-0.2, 0) is 0 Å². The van der Waals surface area contributed by atoms with Crippen LogP contribution in [0, 0.1) is 20.2 Å². The second kappa shape index (κ2) is 15.7. The van der Waals surface area contributed by atoms with E-state index in [0.29, 0.717) is 55.3 Å². The number of anilines is 1. The van der Waals surface area contributed by atoms with Crippen LogP contribution >= 0.6 is 0 Å². The number of nitro benzene ring substituents is 2. The van der Waals surface area contributed by atoms with Crippen molar-refractivity contribution in [3.63, 3.8) is 0 Å². The van der Waals surface area contributed by atoms with Gasteiger partial charge >= 0.3 is 0 Å². The molecule has 5 aromatic rings. The van der Waals surface area contributed by atoms with Crippen LogP contribution in [0.25, 0.3) is 21.5 Å². The number of piperazine rings is 1. The van der Waals surface area contributed by atoms with Gasteiger partial charge in [-0.3, -0.25) is 53.9 Å². The van der Waals surface area contributed by atoms with E-state index in [2.05, 4.69) is 15.5 Å². The van der Waals surface area contributed by atoms with Crippen molar-refractivity contribution in [3.8, 4) is 0 Å². The molecule has 18 heteroatoms. The molecule has 0 aromatic heterocycles. The van der Waals surface area contributed by atoms with Gasteiger partial charge in [0.2, 0.25) is 0 Å². The Kier molecular flexibility index (Phi) is 10.3. The summed E-state index contributed by atoms with van der Waals surface area (Å²) in [4.78, 5) is 110. The lowest BCUT2D eigenvalue weighted by Gasteiger charge is -2.33. The highest BCUT2D eigenvalue weighted by atomic mass is 16.6. The number of hydrogen-bond donors (Lipinski definition) is 2. The number of carbonyl (C=O) groups excluding carboxylic acids is 6. The minimum absolute atomic E-state index is 0.00807. The fourth-order valence-corrected chi connectivity index (χ4v) is 7.92. The van der Waals surface area contributed by atoms with Crippen molar-refractivity contribution < 1.29 is 38.6 Å². The first kappa shape index (κ1) is 39.4. The number of nitrogens with one attached hydrogen (secondary N) is 2. The Morgan fingerprint density at radius 3 is 1.82 bits per heavy atom. The van der Waals surface area contributed by atoms with Gasteiger partial charge in [0.15, 0.2) is 0 Å². The van der Waals surface area contributed by atoms with E-state index in [-0.39, 0.29) is 75.5 Å². The number of hydrogen-bond acceptors (Lipinski definition) is 12. The number of likely N-dealkylation sites (N-methyl/N-ethyl adjacent to an activating group) is 1. The topological polar surface area (TPSA) is 226 Å². The molecular formula is C42H36N8O10. The molecule has 0 atom stereocenters. The number of imide groups is 2. The molecule has 5 aromatic carbocycles. The van der Waals surface area contributed by atoms with Gasteiger partial charge in [0.1, 0.15) is 0 Å². The van der Waals surface area contributed by atoms with Gasteiger partial charge in [0.05, 0.1) is 26.7 Å². The highest BCUT2D eigenvalue weighted by Crippen LogP contribution is 2.37. The number of non-ortho nitro benzene ring substituents is 2. The van der Waals surface area contributed by atoms with Crippen LogP contribution in [0.4, 0.5) is 17.1 Å². The van der Waals surface area contributed by atoms with Crippen molar-refractivity contribution in [3.05, 3.63) is 132 Å². The quantitative estimate of drug-likeness (QED) is 0.0789. The molecule has 0 aliphatic carbocycles. The lowest BCUT2D eigenvalue weighted by molar-refractivity contribution is -0.384. The van der Waals surface area contributed by atoms with Gasteiger partial charge in [-0.05, 0) is 61.1 Å². The van der Waals surface area contributed by atoms with Crippen LogP contribution < -0.4 is 15.5 Å². The Hall–Kier alpha value is -7.44. The SMILES string of the molecule is CN1CCN(C(=O)c2cc(C(=O)NCCNCCCN3C(=O)c4cccc5cc([N+](=O)[O-])cc(c45)C3=O)cc(N3C(=O)c4cccc5cc([N+](=O)[O-])cc(c45)C3=O)c2)CC1. The third kappa shape index (κ3) is 7.07. The monoisotopic (exact) mass is 812 g/mol. The first-order valence-corrected chi connectivity index (χ1v) is 19.1. The first-order valence-electron chi connectivity index (χ1n) is 19.1. The molecule has 0 saturated carbocycles. The summed E-state index contributed by atoms with van der Waals surface area (Å²) in [6, 6.07) is 18.5. The third-order valence-electron chi connectivity index (χ3n) is 11.0. The van der Waals surface area contributed by atoms with E-state index < -0.39 is 45.3 Å². The molecule has 60 heavy (non-hydrogen) atoms. The molecule has 6 amide bonds. The predicted octanol–water partition coefficient (Wildman–Crippen LogP) is 4.00. The second-order valence-corrected chi connectivity index (χ2v) is 14.7. The molecule has 304 valence electrons. The molecule has 3 aliphatic rings. The molecule has 1 saturated heterocycles. The summed E-state index contributed by atoms with van der Waals surface area (Å²) in [5.41, 5.74) is -0.157. The van der Waals surface area contributed by atoms with Crippen molar-refractivity contribution >= 4 is 74.1 Å². The summed E-state index contributed by atoms with van der Waals surface area (Å²) < 4.78 is 0. The van der Waals surface area contributed by atoms with E-state index >= 15 is 0 Å². The average molecular weight is 813 g/mol. The van der Waals surface area contributed by atoms with E-state index in [1.54, 1.807) is 35.2 Å². The third-order valence-corrected chi connectivity index (χ3v) is 11.0. The van der Waals surface area contributed by atoms with Crippen LogP contribution in [-0.4, -0.2) is 119 Å². The zero-order chi connectivity index (χ0) is 42.4. The van der Waals surface area contributed by atoms with Crippen LogP contribution in [0.15, 0.2) is 78.9 Å². The van der Waals surface area contributed by atoms with Gasteiger partial charge < -0.3 is 20.4 Å². The maximum absolute atomic E-state index is 14.1. The lowest BCUT2D eigenvalue weighted by atomic mass is 9.92. The standard InChI is InChI=1S/C42H36N8O10/c1-45-13-15-46(16-14-45)38(52)27-17-26(20-28(21-27)48-41(55)32-8-3-6-25-19-30(50(59)60)23-34(36(25)32)42(48)56)37(51)44-11-10-43-9-4-12-47-39(53)31-7-2-5-24-18-29(49(57)58)22-33(35(24)31)40(47)54/h2-3,5-8,17-23,43H,4,9-16H2,1H3,(H,44,51). The number of nitrogens with zero attached hydrogens (tertiary/aromatic N) is 6. The molecule has 0 unspecified atom stereocenters. The maximum Gasteiger partial charge on any atom is 0.270 e. The zero-order valence-corrected chi connectivity index (χ0v) is 32.1. The average Bonchev–Trinajstić information content (AvgIpc) is 3.24. The Labute approximate surface area is 340 Å². The van der Waals surface area contributed by atoms with Crippen molar-refractivity contribution in [2.75, 3.05) is 64.3 Å². The molecular weight excluding hydrogens is 777 g/mol. The Morgan fingerprint density at radius 1 is 0.650 bits per heavy atom. The fourth-order valence-electron chi connectivity index (χ4n) is 7.92. The Morgan fingerprint density at radius 2 is 1.20 bits per heavy atom. The van der Waals surface area contributed by atoms with E-state index in [9.17, 15) is 49.0 Å². The Bertz CT molecular complexity index is 2730. The first-order chi connectivity index (χ1) is 28.8. The van der Waals surface area contributed by atoms with Crippen molar-refractivity contribution in [2.24, 2.45) is 0 Å². The molecule has 2 N–H and O–H groups in total. The number of benzene rings is 5. The van der Waals surface area contributed by atoms with Gasteiger partial charge in [-0.2, -0.15) is 0 Å². The zero-order valence-electron chi connectivity index (χ0n) is 32.1. The lowest BCUT2D eigenvalue weighted by Crippen LogP contribution is -2.47. The number of carbonyl (C=O) groups is 6. The minimum atomic E-state index is -0.845. The van der Waals surface area contributed by atoms with Crippen LogP contribution in [0.1, 0.15) is 68.6 Å². The molecule has 1 fully saturated rings. The Balaban J connectivity index is 0.958. The normalized spacial score (nSPS) is 15.2. The summed E-state index contributed by atoms with van der Waals surface area (Å²) in [6.07, 6.45) is 0.337. The van der Waals surface area contributed by atoms with Crippen molar-refractivity contribution in [1.82, 2.24) is 25.3 Å². The van der Waals surface area contributed by atoms with E-state index in [4.69, 9.17) is 0 Å². The van der Waals surface area contributed by atoms with Gasteiger partial charge in [0, 0.05) is 103 Å². The van der Waals surface area contributed by atoms with Gasteiger partial charge in [-0.1, -0.05) is 24.3 Å².